The number of carbonyl (C=O) groups is 2. The Kier molecular flexibility index (Phi) is 5.85. The summed E-state index contributed by atoms with van der Waals surface area (Å²) in [6, 6.07) is 5.11. The largest absolute Gasteiger partial charge is 0.423 e. The maximum absolute atomic E-state index is 11.3. The van der Waals surface area contributed by atoms with Crippen LogP contribution in [0.25, 0.3) is 0 Å². The minimum absolute atomic E-state index is 0.264. The quantitative estimate of drug-likeness (QED) is 0.476. The van der Waals surface area contributed by atoms with Crippen molar-refractivity contribution < 1.29 is 19.1 Å². The summed E-state index contributed by atoms with van der Waals surface area (Å²) in [5, 5.41) is 0.631. The molecule has 4 nitrogen and oxygen atoms in total. The molecule has 0 saturated heterocycles. The van der Waals surface area contributed by atoms with Crippen molar-refractivity contribution in [2.24, 2.45) is 0 Å². The van der Waals surface area contributed by atoms with Gasteiger partial charge in [0, 0.05) is 18.2 Å². The first-order chi connectivity index (χ1) is 8.60. The van der Waals surface area contributed by atoms with Crippen LogP contribution in [-0.4, -0.2) is 11.9 Å². The Balaban J connectivity index is 2.99. The first kappa shape index (κ1) is 14.7. The van der Waals surface area contributed by atoms with Gasteiger partial charge in [0.2, 0.25) is 0 Å². The van der Waals surface area contributed by atoms with Gasteiger partial charge < -0.3 is 9.47 Å². The van der Waals surface area contributed by atoms with Crippen molar-refractivity contribution in [2.45, 2.75) is 32.0 Å². The van der Waals surface area contributed by atoms with Gasteiger partial charge in [-0.25, -0.2) is 0 Å². The van der Waals surface area contributed by atoms with Gasteiger partial charge in [-0.15, -0.1) is 0 Å². The van der Waals surface area contributed by atoms with Crippen molar-refractivity contribution in [1.29, 1.82) is 0 Å². The molecule has 5 heteroatoms. The molecule has 0 unspecified atom stereocenters. The van der Waals surface area contributed by atoms with Crippen LogP contribution < -0.4 is 9.47 Å². The molecule has 0 radical (unpaired) electrons. The molecule has 98 valence electrons. The van der Waals surface area contributed by atoms with Crippen molar-refractivity contribution in [2.75, 3.05) is 0 Å². The molecule has 0 aliphatic carbocycles. The lowest BCUT2D eigenvalue weighted by Gasteiger charge is -2.10. The molecule has 0 aliphatic rings. The fourth-order valence-corrected chi connectivity index (χ4v) is 1.54. The van der Waals surface area contributed by atoms with Crippen LogP contribution in [0, 0.1) is 0 Å². The normalized spacial score (nSPS) is 9.94. The van der Waals surface area contributed by atoms with E-state index in [2.05, 4.69) is 15.9 Å². The fraction of sp³-hybridized carbons (Fsp3) is 0.385. The zero-order valence-corrected chi connectivity index (χ0v) is 12.0. The molecule has 0 bridgehead atoms. The third kappa shape index (κ3) is 4.14. The maximum Gasteiger partial charge on any atom is 0.311 e. The Morgan fingerprint density at radius 1 is 1.06 bits per heavy atom. The number of esters is 2. The molecule has 0 fully saturated rings. The summed E-state index contributed by atoms with van der Waals surface area (Å²) in [7, 11) is 0. The van der Waals surface area contributed by atoms with Gasteiger partial charge in [-0.05, 0) is 17.7 Å². The highest BCUT2D eigenvalue weighted by Crippen LogP contribution is 2.30. The second-order valence-corrected chi connectivity index (χ2v) is 4.13. The monoisotopic (exact) mass is 314 g/mol. The van der Waals surface area contributed by atoms with Crippen LogP contribution in [0.4, 0.5) is 0 Å². The number of alkyl halides is 1. The standard InChI is InChI=1S/C13H15BrO4/c1-3-12(15)17-10-6-5-9(8-14)7-11(10)18-13(16)4-2/h5-7H,3-4,8H2,1-2H3. The molecule has 0 aliphatic heterocycles. The third-order valence-corrected chi connectivity index (χ3v) is 2.83. The van der Waals surface area contributed by atoms with Gasteiger partial charge >= 0.3 is 11.9 Å². The van der Waals surface area contributed by atoms with E-state index in [0.717, 1.165) is 5.56 Å². The van der Waals surface area contributed by atoms with Crippen LogP contribution in [0.5, 0.6) is 11.5 Å². The molecule has 1 rings (SSSR count). The van der Waals surface area contributed by atoms with Crippen LogP contribution in [0.2, 0.25) is 0 Å². The Hall–Kier alpha value is -1.36. The van der Waals surface area contributed by atoms with E-state index in [1.807, 2.05) is 0 Å². The SMILES string of the molecule is CCC(=O)Oc1ccc(CBr)cc1OC(=O)CC. The van der Waals surface area contributed by atoms with Crippen molar-refractivity contribution in [3.8, 4) is 11.5 Å². The van der Waals surface area contributed by atoms with E-state index in [-0.39, 0.29) is 36.3 Å². The molecular formula is C13H15BrO4. The summed E-state index contributed by atoms with van der Waals surface area (Å²) < 4.78 is 10.3. The van der Waals surface area contributed by atoms with Gasteiger partial charge in [-0.2, -0.15) is 0 Å². The van der Waals surface area contributed by atoms with E-state index in [9.17, 15) is 9.59 Å². The summed E-state index contributed by atoms with van der Waals surface area (Å²) >= 11 is 3.32. The first-order valence-corrected chi connectivity index (χ1v) is 6.83. The van der Waals surface area contributed by atoms with Crippen LogP contribution in [0.1, 0.15) is 32.3 Å². The first-order valence-electron chi connectivity index (χ1n) is 5.70. The van der Waals surface area contributed by atoms with Crippen molar-refractivity contribution in [1.82, 2.24) is 0 Å². The van der Waals surface area contributed by atoms with Crippen molar-refractivity contribution >= 4 is 27.9 Å². The summed E-state index contributed by atoms with van der Waals surface area (Å²) in [5.41, 5.74) is 0.935. The molecule has 0 atom stereocenters. The number of hydrogen-bond donors (Lipinski definition) is 0. The smallest absolute Gasteiger partial charge is 0.311 e. The Bertz CT molecular complexity index is 443. The van der Waals surface area contributed by atoms with Gasteiger partial charge in [-0.3, -0.25) is 9.59 Å². The molecule has 0 amide bonds. The Labute approximate surface area is 114 Å². The minimum Gasteiger partial charge on any atom is -0.423 e. The van der Waals surface area contributed by atoms with Crippen LogP contribution in [-0.2, 0) is 14.9 Å². The average Bonchev–Trinajstić information content (AvgIpc) is 2.40. The molecule has 0 spiro atoms. The maximum atomic E-state index is 11.3. The zero-order chi connectivity index (χ0) is 13.5. The zero-order valence-electron chi connectivity index (χ0n) is 10.4. The predicted molar refractivity (Wildman–Crippen MR) is 70.9 cm³/mol. The average molecular weight is 315 g/mol. The molecule has 0 N–H and O–H groups in total. The van der Waals surface area contributed by atoms with E-state index >= 15 is 0 Å². The van der Waals surface area contributed by atoms with Gasteiger partial charge in [0.25, 0.3) is 0 Å². The number of carbonyl (C=O) groups excluding carboxylic acids is 2. The van der Waals surface area contributed by atoms with Gasteiger partial charge in [-0.1, -0.05) is 35.8 Å². The fourth-order valence-electron chi connectivity index (χ4n) is 1.19. The number of ether oxygens (including phenoxy) is 2. The van der Waals surface area contributed by atoms with E-state index in [0.29, 0.717) is 5.33 Å². The number of halogens is 1. The highest BCUT2D eigenvalue weighted by molar-refractivity contribution is 9.08. The lowest BCUT2D eigenvalue weighted by Crippen LogP contribution is -2.10. The van der Waals surface area contributed by atoms with E-state index in [4.69, 9.17) is 9.47 Å². The Morgan fingerprint density at radius 3 is 2.11 bits per heavy atom. The van der Waals surface area contributed by atoms with Crippen LogP contribution in [0.15, 0.2) is 18.2 Å². The Morgan fingerprint density at radius 2 is 1.61 bits per heavy atom. The predicted octanol–water partition coefficient (Wildman–Crippen LogP) is 3.21. The lowest BCUT2D eigenvalue weighted by molar-refractivity contribution is -0.136. The summed E-state index contributed by atoms with van der Waals surface area (Å²) in [6.45, 7) is 3.40. The van der Waals surface area contributed by atoms with Crippen molar-refractivity contribution in [3.05, 3.63) is 23.8 Å². The second kappa shape index (κ2) is 7.16. The molecule has 0 aromatic heterocycles. The summed E-state index contributed by atoms with van der Waals surface area (Å²) in [6.07, 6.45) is 0.529. The third-order valence-electron chi connectivity index (χ3n) is 2.19. The van der Waals surface area contributed by atoms with E-state index < -0.39 is 0 Å². The lowest BCUT2D eigenvalue weighted by atomic mass is 10.2. The molecule has 1 aromatic rings. The van der Waals surface area contributed by atoms with Crippen LogP contribution >= 0.6 is 15.9 Å². The van der Waals surface area contributed by atoms with Crippen molar-refractivity contribution in [3.63, 3.8) is 0 Å². The van der Waals surface area contributed by atoms with Gasteiger partial charge in [0.1, 0.15) is 0 Å². The highest BCUT2D eigenvalue weighted by Gasteiger charge is 2.12. The van der Waals surface area contributed by atoms with Gasteiger partial charge in [0.15, 0.2) is 11.5 Å². The molecule has 0 heterocycles. The highest BCUT2D eigenvalue weighted by atomic mass is 79.9. The molecular weight excluding hydrogens is 300 g/mol. The number of rotatable bonds is 5. The number of benzene rings is 1. The minimum atomic E-state index is -0.365. The van der Waals surface area contributed by atoms with E-state index in [1.165, 1.54) is 0 Å². The van der Waals surface area contributed by atoms with Crippen LogP contribution in [0.3, 0.4) is 0 Å². The topological polar surface area (TPSA) is 52.6 Å². The van der Waals surface area contributed by atoms with Gasteiger partial charge in [0.05, 0.1) is 0 Å². The number of hydrogen-bond acceptors (Lipinski definition) is 4. The molecule has 1 aromatic carbocycles. The molecule has 0 saturated carbocycles. The summed E-state index contributed by atoms with van der Waals surface area (Å²) in [4.78, 5) is 22.6. The molecule has 18 heavy (non-hydrogen) atoms. The summed E-state index contributed by atoms with van der Waals surface area (Å²) in [5.74, 6) is -0.181. The van der Waals surface area contributed by atoms with E-state index in [1.54, 1.807) is 32.0 Å². The second-order valence-electron chi connectivity index (χ2n) is 3.57.